The normalized spacial score (nSPS) is 12.9. The fourth-order valence-electron chi connectivity index (χ4n) is 9.18. The van der Waals surface area contributed by atoms with E-state index >= 15 is 0 Å². The number of aliphatic imine (C=N–C) groups is 1. The molecule has 11 aromatic rings. The molecule has 0 fully saturated rings. The van der Waals surface area contributed by atoms with E-state index in [1.165, 1.54) is 75.8 Å². The first kappa shape index (κ1) is 32.6. The highest BCUT2D eigenvalue weighted by atomic mass is 15.2. The van der Waals surface area contributed by atoms with Crippen molar-refractivity contribution in [2.24, 2.45) is 4.99 Å². The molecular weight excluding hydrogens is 701 g/mol. The molecule has 1 aliphatic heterocycles. The number of hydrogen-bond acceptors (Lipinski definition) is 1. The molecule has 0 aromatic heterocycles. The van der Waals surface area contributed by atoms with Crippen molar-refractivity contribution in [1.82, 2.24) is 0 Å². The molecule has 268 valence electrons. The molecule has 12 rings (SSSR count). The Balaban J connectivity index is 1.13. The van der Waals surface area contributed by atoms with Gasteiger partial charge in [-0.1, -0.05) is 175 Å². The molecule has 1 heterocycles. The van der Waals surface area contributed by atoms with Gasteiger partial charge in [-0.15, -0.1) is 0 Å². The lowest BCUT2D eigenvalue weighted by atomic mass is 9.91. The van der Waals surface area contributed by atoms with Crippen LogP contribution >= 0.6 is 0 Å². The van der Waals surface area contributed by atoms with Crippen LogP contribution in [0.1, 0.15) is 11.1 Å². The molecule has 0 unspecified atom stereocenters. The van der Waals surface area contributed by atoms with E-state index in [2.05, 4.69) is 217 Å². The summed E-state index contributed by atoms with van der Waals surface area (Å²) in [5, 5.41) is 14.9. The third kappa shape index (κ3) is 5.12. The molecule has 0 amide bonds. The Morgan fingerprint density at radius 3 is 1.41 bits per heavy atom. The highest BCUT2D eigenvalue weighted by molar-refractivity contribution is 6.24. The van der Waals surface area contributed by atoms with Gasteiger partial charge in [0.25, 0.3) is 11.7 Å². The summed E-state index contributed by atoms with van der Waals surface area (Å²) in [6.07, 6.45) is 0. The summed E-state index contributed by atoms with van der Waals surface area (Å²) >= 11 is 0. The van der Waals surface area contributed by atoms with E-state index in [1.54, 1.807) is 0 Å². The topological polar surface area (TPSA) is 15.4 Å². The molecule has 1 aliphatic rings. The predicted octanol–water partition coefficient (Wildman–Crippen LogP) is 14.5. The molecule has 2 heteroatoms. The van der Waals surface area contributed by atoms with Gasteiger partial charge < -0.3 is 0 Å². The van der Waals surface area contributed by atoms with Gasteiger partial charge in [-0.25, -0.2) is 0 Å². The molecule has 0 atom stereocenters. The largest absolute Gasteiger partial charge is 0.279 e. The van der Waals surface area contributed by atoms with Crippen molar-refractivity contribution in [3.63, 3.8) is 0 Å². The first-order chi connectivity index (χ1) is 28.7. The van der Waals surface area contributed by atoms with Crippen LogP contribution < -0.4 is 0 Å². The van der Waals surface area contributed by atoms with Crippen molar-refractivity contribution >= 4 is 82.0 Å². The monoisotopic (exact) mass is 735 g/mol. The number of amidine groups is 2. The van der Waals surface area contributed by atoms with Crippen LogP contribution in [0.25, 0.3) is 86.9 Å². The minimum absolute atomic E-state index is 0.935. The predicted molar refractivity (Wildman–Crippen MR) is 246 cm³/mol. The summed E-state index contributed by atoms with van der Waals surface area (Å²) in [5.74, 6) is 1.88. The average Bonchev–Trinajstić information content (AvgIpc) is 3.29. The zero-order chi connectivity index (χ0) is 38.2. The van der Waals surface area contributed by atoms with Crippen LogP contribution in [0.2, 0.25) is 0 Å². The molecule has 0 saturated carbocycles. The second-order valence-electron chi connectivity index (χ2n) is 15.3. The van der Waals surface area contributed by atoms with Gasteiger partial charge in [0.05, 0.1) is 11.1 Å². The highest BCUT2D eigenvalue weighted by Crippen LogP contribution is 2.42. The summed E-state index contributed by atoms with van der Waals surface area (Å²) in [6.45, 7) is 0. The lowest BCUT2D eigenvalue weighted by Crippen LogP contribution is -2.35. The van der Waals surface area contributed by atoms with Crippen molar-refractivity contribution in [3.05, 3.63) is 223 Å². The quantitative estimate of drug-likeness (QED) is 0.124. The van der Waals surface area contributed by atoms with Gasteiger partial charge in [-0.2, -0.15) is 4.58 Å². The second kappa shape index (κ2) is 12.9. The van der Waals surface area contributed by atoms with Crippen molar-refractivity contribution in [2.75, 3.05) is 0 Å². The minimum Gasteiger partial charge on any atom is -0.191 e. The molecule has 2 nitrogen and oxygen atoms in total. The standard InChI is InChI=1S/C56H35N2/c1-2-14-40(15-3-1)55-57-56(53-35-43-16-6-9-19-47(43)48-20-10-11-21-49(48)53)58(55)54-31-30-42(41-28-26-38-24-22-36-12-4-7-17-45(36)50(38)32-41)33-52(54)44-29-27-39-25-23-37-13-5-8-18-46(37)51(39)34-44/h1-35H/q+1. The molecule has 58 heavy (non-hydrogen) atoms. The van der Waals surface area contributed by atoms with Gasteiger partial charge in [-0.05, 0) is 124 Å². The summed E-state index contributed by atoms with van der Waals surface area (Å²) in [6, 6.07) is 77.5. The van der Waals surface area contributed by atoms with Crippen molar-refractivity contribution in [1.29, 1.82) is 0 Å². The van der Waals surface area contributed by atoms with Gasteiger partial charge in [-0.3, -0.25) is 0 Å². The zero-order valence-corrected chi connectivity index (χ0v) is 31.6. The SMILES string of the molecule is c1ccc(C2=[N+](c3ccc(-c4ccc5ccc6ccccc6c5c4)cc3-c3ccc4ccc5ccccc5c4c3)C(c3cc4ccccc4c4ccccc34)=N2)cc1. The van der Waals surface area contributed by atoms with Crippen molar-refractivity contribution < 1.29 is 4.58 Å². The molecule has 0 bridgehead atoms. The van der Waals surface area contributed by atoms with E-state index in [0.717, 1.165) is 39.6 Å². The molecule has 0 aliphatic carbocycles. The number of fused-ring (bicyclic) bond motifs is 9. The number of benzene rings is 11. The number of hydrogen-bond donors (Lipinski definition) is 0. The van der Waals surface area contributed by atoms with Crippen molar-refractivity contribution in [2.45, 2.75) is 0 Å². The fourth-order valence-corrected chi connectivity index (χ4v) is 9.18. The second-order valence-corrected chi connectivity index (χ2v) is 15.3. The fraction of sp³-hybridized carbons (Fsp3) is 0. The zero-order valence-electron chi connectivity index (χ0n) is 31.6. The molecule has 0 spiro atoms. The Labute approximate surface area is 335 Å². The summed E-state index contributed by atoms with van der Waals surface area (Å²) in [5.41, 5.74) is 7.96. The first-order valence-corrected chi connectivity index (χ1v) is 20.0. The smallest absolute Gasteiger partial charge is 0.191 e. The maximum absolute atomic E-state index is 5.41. The Morgan fingerprint density at radius 2 is 0.741 bits per heavy atom. The van der Waals surface area contributed by atoms with Gasteiger partial charge in [0.1, 0.15) is 5.69 Å². The maximum atomic E-state index is 5.41. The van der Waals surface area contributed by atoms with Crippen LogP contribution in [0.5, 0.6) is 0 Å². The third-order valence-electron chi connectivity index (χ3n) is 12.1. The van der Waals surface area contributed by atoms with E-state index in [0.29, 0.717) is 0 Å². The highest BCUT2D eigenvalue weighted by Gasteiger charge is 2.36. The molecular formula is C56H35N2+. The van der Waals surface area contributed by atoms with Gasteiger partial charge >= 0.3 is 0 Å². The molecule has 0 radical (unpaired) electrons. The lowest BCUT2D eigenvalue weighted by Gasteiger charge is -2.23. The molecule has 0 saturated heterocycles. The van der Waals surface area contributed by atoms with Crippen LogP contribution in [0.15, 0.2) is 217 Å². The third-order valence-corrected chi connectivity index (χ3v) is 12.1. The van der Waals surface area contributed by atoms with Crippen LogP contribution in [0, 0.1) is 0 Å². The van der Waals surface area contributed by atoms with Crippen LogP contribution in [0.4, 0.5) is 5.69 Å². The Morgan fingerprint density at radius 1 is 0.276 bits per heavy atom. The number of rotatable bonds is 5. The van der Waals surface area contributed by atoms with Crippen LogP contribution in [-0.2, 0) is 0 Å². The summed E-state index contributed by atoms with van der Waals surface area (Å²) in [7, 11) is 0. The Bertz CT molecular complexity index is 3560. The van der Waals surface area contributed by atoms with E-state index < -0.39 is 0 Å². The first-order valence-electron chi connectivity index (χ1n) is 20.0. The summed E-state index contributed by atoms with van der Waals surface area (Å²) in [4.78, 5) is 5.41. The summed E-state index contributed by atoms with van der Waals surface area (Å²) < 4.78 is 2.40. The average molecular weight is 736 g/mol. The van der Waals surface area contributed by atoms with E-state index in [9.17, 15) is 0 Å². The Hall–Kier alpha value is -7.68. The molecule has 0 N–H and O–H groups in total. The lowest BCUT2D eigenvalue weighted by molar-refractivity contribution is -0.318. The van der Waals surface area contributed by atoms with E-state index in [4.69, 9.17) is 4.99 Å². The minimum atomic E-state index is 0.935. The molecule has 11 aromatic carbocycles. The van der Waals surface area contributed by atoms with Crippen molar-refractivity contribution in [3.8, 4) is 22.3 Å². The maximum Gasteiger partial charge on any atom is 0.279 e. The van der Waals surface area contributed by atoms with Gasteiger partial charge in [0.15, 0.2) is 0 Å². The van der Waals surface area contributed by atoms with E-state index in [1.807, 2.05) is 0 Å². The van der Waals surface area contributed by atoms with Gasteiger partial charge in [0, 0.05) is 5.56 Å². The van der Waals surface area contributed by atoms with Crippen LogP contribution in [-0.4, -0.2) is 16.2 Å². The van der Waals surface area contributed by atoms with Crippen LogP contribution in [0.3, 0.4) is 0 Å². The number of nitrogens with zero attached hydrogens (tertiary/aromatic N) is 2. The Kier molecular flexibility index (Phi) is 7.26. The van der Waals surface area contributed by atoms with E-state index in [-0.39, 0.29) is 0 Å². The van der Waals surface area contributed by atoms with Gasteiger partial charge in [0.2, 0.25) is 0 Å².